The highest BCUT2D eigenvalue weighted by Crippen LogP contribution is 2.19. The third-order valence-corrected chi connectivity index (χ3v) is 2.41. The Morgan fingerprint density at radius 1 is 1.50 bits per heavy atom. The minimum Gasteiger partial charge on any atom is -0.324 e. The predicted octanol–water partition coefficient (Wildman–Crippen LogP) is 2.50. The minimum absolute atomic E-state index is 0. The SMILES string of the molecule is Cc1ccc(C(C)N)s1.Cl. The van der Waals surface area contributed by atoms with Gasteiger partial charge in [0.05, 0.1) is 0 Å². The summed E-state index contributed by atoms with van der Waals surface area (Å²) in [5, 5.41) is 0. The average Bonchev–Trinajstić information content (AvgIpc) is 2.14. The molecular weight excluding hydrogens is 166 g/mol. The number of thiophene rings is 1. The number of aryl methyl sites for hydroxylation is 1. The second-order valence-corrected chi connectivity index (χ2v) is 3.56. The summed E-state index contributed by atoms with van der Waals surface area (Å²) in [5.74, 6) is 0. The second kappa shape index (κ2) is 3.96. The molecule has 1 nitrogen and oxygen atoms in total. The van der Waals surface area contributed by atoms with E-state index in [2.05, 4.69) is 19.1 Å². The Morgan fingerprint density at radius 2 is 2.10 bits per heavy atom. The van der Waals surface area contributed by atoms with Gasteiger partial charge in [-0.25, -0.2) is 0 Å². The van der Waals surface area contributed by atoms with Crippen LogP contribution in [0.5, 0.6) is 0 Å². The third-order valence-electron chi connectivity index (χ3n) is 1.21. The van der Waals surface area contributed by atoms with Crippen LogP contribution in [0.4, 0.5) is 0 Å². The zero-order chi connectivity index (χ0) is 6.85. The van der Waals surface area contributed by atoms with Gasteiger partial charge in [-0.05, 0) is 26.0 Å². The maximum Gasteiger partial charge on any atom is 0.0361 e. The summed E-state index contributed by atoms with van der Waals surface area (Å²) in [4.78, 5) is 2.61. The van der Waals surface area contributed by atoms with Gasteiger partial charge in [-0.2, -0.15) is 0 Å². The second-order valence-electron chi connectivity index (χ2n) is 2.24. The normalized spacial score (nSPS) is 12.3. The van der Waals surface area contributed by atoms with Gasteiger partial charge in [0.1, 0.15) is 0 Å². The van der Waals surface area contributed by atoms with Gasteiger partial charge in [-0.3, -0.25) is 0 Å². The molecule has 0 radical (unpaired) electrons. The van der Waals surface area contributed by atoms with Gasteiger partial charge in [-0.1, -0.05) is 0 Å². The van der Waals surface area contributed by atoms with Crippen molar-refractivity contribution in [2.75, 3.05) is 0 Å². The predicted molar refractivity (Wildman–Crippen MR) is 48.9 cm³/mol. The summed E-state index contributed by atoms with van der Waals surface area (Å²) in [6.07, 6.45) is 0. The molecule has 0 aliphatic heterocycles. The van der Waals surface area contributed by atoms with Crippen molar-refractivity contribution in [2.24, 2.45) is 5.73 Å². The van der Waals surface area contributed by atoms with Crippen LogP contribution in [-0.4, -0.2) is 0 Å². The molecule has 1 atom stereocenters. The molecule has 3 heteroatoms. The van der Waals surface area contributed by atoms with Crippen LogP contribution in [0.3, 0.4) is 0 Å². The Morgan fingerprint density at radius 3 is 2.30 bits per heavy atom. The van der Waals surface area contributed by atoms with E-state index < -0.39 is 0 Å². The Kier molecular flexibility index (Phi) is 3.94. The van der Waals surface area contributed by atoms with Gasteiger partial charge in [0.15, 0.2) is 0 Å². The fourth-order valence-corrected chi connectivity index (χ4v) is 1.53. The number of halogens is 1. The van der Waals surface area contributed by atoms with Crippen molar-refractivity contribution in [1.29, 1.82) is 0 Å². The molecule has 0 aliphatic rings. The van der Waals surface area contributed by atoms with Crippen LogP contribution in [0, 0.1) is 6.92 Å². The molecule has 1 heterocycles. The summed E-state index contributed by atoms with van der Waals surface area (Å²) >= 11 is 1.77. The van der Waals surface area contributed by atoms with Crippen LogP contribution in [-0.2, 0) is 0 Å². The number of rotatable bonds is 1. The molecule has 0 fully saturated rings. The highest BCUT2D eigenvalue weighted by Gasteiger charge is 1.99. The van der Waals surface area contributed by atoms with Gasteiger partial charge in [0.25, 0.3) is 0 Å². The summed E-state index contributed by atoms with van der Waals surface area (Å²) in [5.41, 5.74) is 5.64. The molecule has 0 bridgehead atoms. The Balaban J connectivity index is 0.000000810. The van der Waals surface area contributed by atoms with Gasteiger partial charge in [-0.15, -0.1) is 23.7 Å². The monoisotopic (exact) mass is 177 g/mol. The lowest BCUT2D eigenvalue weighted by Crippen LogP contribution is -2.01. The van der Waals surface area contributed by atoms with Crippen molar-refractivity contribution in [2.45, 2.75) is 19.9 Å². The van der Waals surface area contributed by atoms with Gasteiger partial charge in [0.2, 0.25) is 0 Å². The van der Waals surface area contributed by atoms with E-state index in [1.54, 1.807) is 11.3 Å². The van der Waals surface area contributed by atoms with Crippen LogP contribution in [0.25, 0.3) is 0 Å². The van der Waals surface area contributed by atoms with Crippen LogP contribution < -0.4 is 5.73 Å². The van der Waals surface area contributed by atoms with E-state index in [4.69, 9.17) is 5.73 Å². The summed E-state index contributed by atoms with van der Waals surface area (Å²) in [6.45, 7) is 4.10. The molecule has 0 saturated carbocycles. The molecule has 0 aromatic carbocycles. The highest BCUT2D eigenvalue weighted by molar-refractivity contribution is 7.12. The summed E-state index contributed by atoms with van der Waals surface area (Å²) in [7, 11) is 0. The van der Waals surface area contributed by atoms with Gasteiger partial charge < -0.3 is 5.73 Å². The first-order valence-corrected chi connectivity index (χ1v) is 3.83. The van der Waals surface area contributed by atoms with Crippen molar-refractivity contribution >= 4 is 23.7 Å². The number of nitrogens with two attached hydrogens (primary N) is 1. The largest absolute Gasteiger partial charge is 0.324 e. The Bertz CT molecular complexity index is 195. The maximum atomic E-state index is 5.64. The first-order valence-electron chi connectivity index (χ1n) is 3.02. The lowest BCUT2D eigenvalue weighted by molar-refractivity contribution is 0.838. The van der Waals surface area contributed by atoms with Crippen molar-refractivity contribution in [1.82, 2.24) is 0 Å². The minimum atomic E-state index is 0. The molecule has 58 valence electrons. The van der Waals surface area contributed by atoms with Crippen LogP contribution >= 0.6 is 23.7 Å². The first-order chi connectivity index (χ1) is 4.20. The van der Waals surface area contributed by atoms with E-state index >= 15 is 0 Å². The summed E-state index contributed by atoms with van der Waals surface area (Å²) < 4.78 is 0. The zero-order valence-electron chi connectivity index (χ0n) is 6.13. The standard InChI is InChI=1S/C7H11NS.ClH/c1-5-3-4-7(9-5)6(2)8;/h3-4,6H,8H2,1-2H3;1H. The lowest BCUT2D eigenvalue weighted by Gasteiger charge is -1.97. The van der Waals surface area contributed by atoms with Crippen molar-refractivity contribution in [3.05, 3.63) is 21.9 Å². The van der Waals surface area contributed by atoms with Crippen molar-refractivity contribution in [3.63, 3.8) is 0 Å². The fourth-order valence-electron chi connectivity index (χ4n) is 0.698. The Hall–Kier alpha value is -0.0500. The van der Waals surface area contributed by atoms with Crippen molar-refractivity contribution < 1.29 is 0 Å². The first kappa shape index (κ1) is 9.95. The van der Waals surface area contributed by atoms with E-state index in [0.29, 0.717) is 0 Å². The molecule has 0 spiro atoms. The maximum absolute atomic E-state index is 5.64. The third kappa shape index (κ3) is 2.29. The number of hydrogen-bond donors (Lipinski definition) is 1. The van der Waals surface area contributed by atoms with E-state index in [-0.39, 0.29) is 18.4 Å². The highest BCUT2D eigenvalue weighted by atomic mass is 35.5. The van der Waals surface area contributed by atoms with E-state index in [1.165, 1.54) is 9.75 Å². The van der Waals surface area contributed by atoms with E-state index in [1.807, 2.05) is 6.92 Å². The van der Waals surface area contributed by atoms with Gasteiger partial charge in [0, 0.05) is 15.8 Å². The molecule has 0 amide bonds. The molecular formula is C7H12ClNS. The molecule has 0 saturated heterocycles. The van der Waals surface area contributed by atoms with Crippen molar-refractivity contribution in [3.8, 4) is 0 Å². The molecule has 2 N–H and O–H groups in total. The Labute approximate surface area is 71.7 Å². The van der Waals surface area contributed by atoms with E-state index in [0.717, 1.165) is 0 Å². The fraction of sp³-hybridized carbons (Fsp3) is 0.429. The summed E-state index contributed by atoms with van der Waals surface area (Å²) in [6, 6.07) is 4.39. The molecule has 1 rings (SSSR count). The van der Waals surface area contributed by atoms with Crippen LogP contribution in [0.15, 0.2) is 12.1 Å². The van der Waals surface area contributed by atoms with E-state index in [9.17, 15) is 0 Å². The quantitative estimate of drug-likeness (QED) is 0.701. The van der Waals surface area contributed by atoms with Crippen LogP contribution in [0.2, 0.25) is 0 Å². The van der Waals surface area contributed by atoms with Crippen LogP contribution in [0.1, 0.15) is 22.7 Å². The lowest BCUT2D eigenvalue weighted by atomic mass is 10.3. The average molecular weight is 178 g/mol. The molecule has 10 heavy (non-hydrogen) atoms. The molecule has 1 aromatic rings. The smallest absolute Gasteiger partial charge is 0.0361 e. The molecule has 1 aromatic heterocycles. The number of hydrogen-bond acceptors (Lipinski definition) is 2. The molecule has 0 aliphatic carbocycles. The zero-order valence-corrected chi connectivity index (χ0v) is 7.76. The van der Waals surface area contributed by atoms with Gasteiger partial charge >= 0.3 is 0 Å². The topological polar surface area (TPSA) is 26.0 Å². The molecule has 1 unspecified atom stereocenters.